The topological polar surface area (TPSA) is 83.8 Å². The van der Waals surface area contributed by atoms with Crippen LogP contribution in [0.25, 0.3) is 11.0 Å². The Kier molecular flexibility index (Phi) is 3.94. The molecule has 0 radical (unpaired) electrons. The van der Waals surface area contributed by atoms with E-state index in [1.54, 1.807) is 0 Å². The summed E-state index contributed by atoms with van der Waals surface area (Å²) in [5.74, 6) is 0.260. The molecule has 0 bridgehead atoms. The van der Waals surface area contributed by atoms with E-state index in [1.807, 2.05) is 24.3 Å². The lowest BCUT2D eigenvalue weighted by Gasteiger charge is -2.09. The van der Waals surface area contributed by atoms with E-state index in [2.05, 4.69) is 22.2 Å². The third-order valence-electron chi connectivity index (χ3n) is 2.84. The van der Waals surface area contributed by atoms with E-state index in [1.165, 1.54) is 0 Å². The lowest BCUT2D eigenvalue weighted by atomic mass is 10.1. The summed E-state index contributed by atoms with van der Waals surface area (Å²) >= 11 is 0. The number of imidazole rings is 1. The number of unbranched alkanes of at least 4 members (excludes halogenated alkanes) is 1. The first-order valence-corrected chi connectivity index (χ1v) is 6.22. The van der Waals surface area contributed by atoms with Crippen molar-refractivity contribution in [3.05, 3.63) is 24.3 Å². The molecule has 1 aromatic heterocycles. The maximum Gasteiger partial charge on any atom is 0.243 e. The number of hydrogen-bond acceptors (Lipinski definition) is 3. The maximum absolute atomic E-state index is 11.8. The molecule has 0 spiro atoms. The zero-order valence-corrected chi connectivity index (χ0v) is 10.4. The van der Waals surface area contributed by atoms with Gasteiger partial charge in [-0.25, -0.2) is 4.98 Å². The van der Waals surface area contributed by atoms with Crippen LogP contribution in [-0.4, -0.2) is 21.9 Å². The summed E-state index contributed by atoms with van der Waals surface area (Å²) in [5, 5.41) is 2.71. The molecular formula is C13H18N4O. The Morgan fingerprint density at radius 3 is 3.00 bits per heavy atom. The molecule has 2 rings (SSSR count). The van der Waals surface area contributed by atoms with E-state index in [4.69, 9.17) is 5.73 Å². The van der Waals surface area contributed by atoms with E-state index in [9.17, 15) is 4.79 Å². The van der Waals surface area contributed by atoms with Gasteiger partial charge in [0.15, 0.2) is 0 Å². The highest BCUT2D eigenvalue weighted by Crippen LogP contribution is 2.13. The average Bonchev–Trinajstić information content (AvgIpc) is 2.77. The lowest BCUT2D eigenvalue weighted by molar-refractivity contribution is -0.117. The number of carbonyl (C=O) groups excluding carboxylic acids is 1. The Hall–Kier alpha value is -1.88. The number of aromatic amines is 1. The third-order valence-corrected chi connectivity index (χ3v) is 2.84. The van der Waals surface area contributed by atoms with Crippen molar-refractivity contribution in [3.63, 3.8) is 0 Å². The van der Waals surface area contributed by atoms with Gasteiger partial charge in [0.1, 0.15) is 0 Å². The van der Waals surface area contributed by atoms with Gasteiger partial charge in [-0.05, 0) is 18.6 Å². The van der Waals surface area contributed by atoms with Crippen LogP contribution in [0.5, 0.6) is 0 Å². The first kappa shape index (κ1) is 12.6. The van der Waals surface area contributed by atoms with Gasteiger partial charge in [0.2, 0.25) is 11.9 Å². The molecule has 18 heavy (non-hydrogen) atoms. The molecule has 0 fully saturated rings. The lowest BCUT2D eigenvalue weighted by Crippen LogP contribution is -2.35. The van der Waals surface area contributed by atoms with Crippen LogP contribution in [0.15, 0.2) is 24.3 Å². The second kappa shape index (κ2) is 5.64. The van der Waals surface area contributed by atoms with Crippen LogP contribution in [0.4, 0.5) is 5.95 Å². The Morgan fingerprint density at radius 2 is 2.28 bits per heavy atom. The molecule has 0 saturated carbocycles. The summed E-state index contributed by atoms with van der Waals surface area (Å²) in [5.41, 5.74) is 7.52. The Labute approximate surface area is 106 Å². The summed E-state index contributed by atoms with van der Waals surface area (Å²) in [6.45, 7) is 2.07. The van der Waals surface area contributed by atoms with E-state index < -0.39 is 6.04 Å². The molecule has 2 aromatic rings. The van der Waals surface area contributed by atoms with Gasteiger partial charge < -0.3 is 10.7 Å². The van der Waals surface area contributed by atoms with Gasteiger partial charge in [0.05, 0.1) is 17.1 Å². The fourth-order valence-corrected chi connectivity index (χ4v) is 1.78. The molecule has 4 N–H and O–H groups in total. The van der Waals surface area contributed by atoms with E-state index in [0.717, 1.165) is 23.9 Å². The molecule has 0 saturated heterocycles. The van der Waals surface area contributed by atoms with Crippen LogP contribution in [0.1, 0.15) is 26.2 Å². The fourth-order valence-electron chi connectivity index (χ4n) is 1.78. The fraction of sp³-hybridized carbons (Fsp3) is 0.385. The first-order chi connectivity index (χ1) is 8.70. The number of H-pyrrole nitrogens is 1. The van der Waals surface area contributed by atoms with Crippen molar-refractivity contribution in [2.45, 2.75) is 32.2 Å². The van der Waals surface area contributed by atoms with Crippen molar-refractivity contribution < 1.29 is 4.79 Å². The molecule has 1 atom stereocenters. The van der Waals surface area contributed by atoms with Crippen molar-refractivity contribution >= 4 is 22.9 Å². The number of benzene rings is 1. The Balaban J connectivity index is 2.02. The number of para-hydroxylation sites is 2. The van der Waals surface area contributed by atoms with Gasteiger partial charge in [0.25, 0.3) is 0 Å². The summed E-state index contributed by atoms with van der Waals surface area (Å²) in [6, 6.07) is 7.15. The van der Waals surface area contributed by atoms with Gasteiger partial charge in [-0.3, -0.25) is 10.1 Å². The number of nitrogens with two attached hydrogens (primary N) is 1. The van der Waals surface area contributed by atoms with Crippen molar-refractivity contribution in [3.8, 4) is 0 Å². The molecule has 1 amide bonds. The molecule has 5 heteroatoms. The summed E-state index contributed by atoms with van der Waals surface area (Å²) < 4.78 is 0. The summed E-state index contributed by atoms with van der Waals surface area (Å²) in [6.07, 6.45) is 2.68. The molecule has 1 aromatic carbocycles. The Bertz CT molecular complexity index is 502. The van der Waals surface area contributed by atoms with Crippen molar-refractivity contribution in [1.29, 1.82) is 0 Å². The molecule has 0 aliphatic heterocycles. The molecule has 96 valence electrons. The quantitative estimate of drug-likeness (QED) is 0.754. The zero-order valence-electron chi connectivity index (χ0n) is 10.4. The van der Waals surface area contributed by atoms with Crippen LogP contribution in [-0.2, 0) is 4.79 Å². The van der Waals surface area contributed by atoms with Gasteiger partial charge in [-0.1, -0.05) is 31.9 Å². The second-order valence-corrected chi connectivity index (χ2v) is 4.34. The van der Waals surface area contributed by atoms with Crippen LogP contribution in [0, 0.1) is 0 Å². The van der Waals surface area contributed by atoms with Crippen molar-refractivity contribution in [1.82, 2.24) is 9.97 Å². The predicted molar refractivity (Wildman–Crippen MR) is 72.2 cm³/mol. The number of nitrogens with one attached hydrogen (secondary N) is 2. The number of rotatable bonds is 5. The standard InChI is InChI=1S/C13H18N4O/c1-2-3-6-9(14)12(18)17-13-15-10-7-4-5-8-11(10)16-13/h4-5,7-9H,2-3,6,14H2,1H3,(H2,15,16,17,18)/t9-/m0/s1. The minimum atomic E-state index is -0.474. The van der Waals surface area contributed by atoms with E-state index in [-0.39, 0.29) is 5.91 Å². The van der Waals surface area contributed by atoms with Gasteiger partial charge in [0, 0.05) is 0 Å². The predicted octanol–water partition coefficient (Wildman–Crippen LogP) is 2.02. The molecular weight excluding hydrogens is 228 g/mol. The second-order valence-electron chi connectivity index (χ2n) is 4.34. The van der Waals surface area contributed by atoms with Crippen LogP contribution in [0.3, 0.4) is 0 Å². The maximum atomic E-state index is 11.8. The normalized spacial score (nSPS) is 12.6. The van der Waals surface area contributed by atoms with Gasteiger partial charge >= 0.3 is 0 Å². The number of aromatic nitrogens is 2. The number of fused-ring (bicyclic) bond motifs is 1. The van der Waals surface area contributed by atoms with E-state index >= 15 is 0 Å². The van der Waals surface area contributed by atoms with E-state index in [0.29, 0.717) is 12.4 Å². The number of nitrogens with zero attached hydrogens (tertiary/aromatic N) is 1. The monoisotopic (exact) mass is 246 g/mol. The van der Waals surface area contributed by atoms with Gasteiger partial charge in [-0.2, -0.15) is 0 Å². The number of anilines is 1. The number of carbonyl (C=O) groups is 1. The summed E-state index contributed by atoms with van der Waals surface area (Å²) in [4.78, 5) is 19.1. The Morgan fingerprint density at radius 1 is 1.50 bits per heavy atom. The third kappa shape index (κ3) is 2.87. The minimum Gasteiger partial charge on any atom is -0.324 e. The highest BCUT2D eigenvalue weighted by atomic mass is 16.2. The molecule has 0 aliphatic rings. The number of amides is 1. The first-order valence-electron chi connectivity index (χ1n) is 6.22. The molecule has 0 aliphatic carbocycles. The van der Waals surface area contributed by atoms with Crippen LogP contribution >= 0.6 is 0 Å². The average molecular weight is 246 g/mol. The van der Waals surface area contributed by atoms with Crippen LogP contribution < -0.4 is 11.1 Å². The molecule has 0 unspecified atom stereocenters. The highest BCUT2D eigenvalue weighted by Gasteiger charge is 2.14. The molecule has 5 nitrogen and oxygen atoms in total. The van der Waals surface area contributed by atoms with Crippen LogP contribution in [0.2, 0.25) is 0 Å². The largest absolute Gasteiger partial charge is 0.324 e. The highest BCUT2D eigenvalue weighted by molar-refractivity contribution is 5.94. The molecule has 1 heterocycles. The van der Waals surface area contributed by atoms with Crippen molar-refractivity contribution in [2.75, 3.05) is 5.32 Å². The minimum absolute atomic E-state index is 0.192. The van der Waals surface area contributed by atoms with Gasteiger partial charge in [-0.15, -0.1) is 0 Å². The zero-order chi connectivity index (χ0) is 13.0. The summed E-state index contributed by atoms with van der Waals surface area (Å²) in [7, 11) is 0. The number of hydrogen-bond donors (Lipinski definition) is 3. The smallest absolute Gasteiger partial charge is 0.243 e. The van der Waals surface area contributed by atoms with Crippen molar-refractivity contribution in [2.24, 2.45) is 5.73 Å². The SMILES string of the molecule is CCCC[C@H](N)C(=O)Nc1nc2ccccc2[nH]1.